The quantitative estimate of drug-likeness (QED) is 0.817. The number of piperidine rings is 1. The highest BCUT2D eigenvalue weighted by atomic mass is 16.5. The van der Waals surface area contributed by atoms with E-state index in [2.05, 4.69) is 11.4 Å². The molecule has 164 valence electrons. The molecule has 1 aliphatic carbocycles. The van der Waals surface area contributed by atoms with E-state index in [1.165, 1.54) is 19.3 Å². The Kier molecular flexibility index (Phi) is 6.21. The topological polar surface area (TPSA) is 61.9 Å². The first kappa shape index (κ1) is 21.0. The molecule has 0 bridgehead atoms. The van der Waals surface area contributed by atoms with Gasteiger partial charge in [-0.25, -0.2) is 4.79 Å². The number of rotatable bonds is 3. The Bertz CT molecular complexity index is 765. The summed E-state index contributed by atoms with van der Waals surface area (Å²) in [7, 11) is 3.62. The zero-order valence-corrected chi connectivity index (χ0v) is 18.4. The molecule has 1 saturated carbocycles. The molecule has 0 aromatic heterocycles. The Morgan fingerprint density at radius 2 is 1.83 bits per heavy atom. The molecule has 30 heavy (non-hydrogen) atoms. The molecule has 1 spiro atoms. The predicted molar refractivity (Wildman–Crippen MR) is 117 cm³/mol. The number of para-hydroxylation sites is 1. The van der Waals surface area contributed by atoms with Gasteiger partial charge < -0.3 is 19.9 Å². The molecule has 1 aromatic rings. The van der Waals surface area contributed by atoms with Crippen molar-refractivity contribution in [3.8, 4) is 5.75 Å². The minimum atomic E-state index is -0.284. The number of hydrogen-bond acceptors (Lipinski definition) is 3. The maximum absolute atomic E-state index is 12.7. The van der Waals surface area contributed by atoms with Gasteiger partial charge in [0.2, 0.25) is 5.91 Å². The first-order chi connectivity index (χ1) is 14.5. The Hall–Kier alpha value is -2.24. The average Bonchev–Trinajstić information content (AvgIpc) is 2.75. The van der Waals surface area contributed by atoms with Crippen LogP contribution in [-0.4, -0.2) is 60.6 Å². The van der Waals surface area contributed by atoms with Crippen LogP contribution < -0.4 is 10.1 Å². The van der Waals surface area contributed by atoms with Gasteiger partial charge in [-0.2, -0.15) is 0 Å². The van der Waals surface area contributed by atoms with Crippen LogP contribution in [0.5, 0.6) is 5.75 Å². The van der Waals surface area contributed by atoms with Crippen molar-refractivity contribution in [2.24, 2.45) is 0 Å². The number of nitrogens with zero attached hydrogens (tertiary/aromatic N) is 2. The highest BCUT2D eigenvalue weighted by molar-refractivity contribution is 5.77. The van der Waals surface area contributed by atoms with E-state index in [1.807, 2.05) is 37.2 Å². The van der Waals surface area contributed by atoms with E-state index in [0.717, 1.165) is 43.4 Å². The SMILES string of the molecule is CN(C)C(=O)C[C@H]1CC2(CCN(C(=O)NC3CCCCC3)CC2)Oc2ccccc21. The summed E-state index contributed by atoms with van der Waals surface area (Å²) in [6.07, 6.45) is 8.88. The summed E-state index contributed by atoms with van der Waals surface area (Å²) < 4.78 is 6.53. The molecular weight excluding hydrogens is 378 g/mol. The van der Waals surface area contributed by atoms with Gasteiger partial charge >= 0.3 is 6.03 Å². The largest absolute Gasteiger partial charge is 0.487 e. The molecule has 2 fully saturated rings. The number of urea groups is 1. The normalized spacial score (nSPS) is 23.4. The van der Waals surface area contributed by atoms with Gasteiger partial charge in [0.05, 0.1) is 0 Å². The zero-order valence-electron chi connectivity index (χ0n) is 18.4. The van der Waals surface area contributed by atoms with Crippen LogP contribution in [0.2, 0.25) is 0 Å². The lowest BCUT2D eigenvalue weighted by Crippen LogP contribution is -2.55. The van der Waals surface area contributed by atoms with E-state index in [1.54, 1.807) is 4.90 Å². The molecule has 3 aliphatic rings. The molecule has 2 heterocycles. The summed E-state index contributed by atoms with van der Waals surface area (Å²) in [5, 5.41) is 3.24. The molecule has 4 rings (SSSR count). The van der Waals surface area contributed by atoms with Crippen molar-refractivity contribution in [1.82, 2.24) is 15.1 Å². The van der Waals surface area contributed by atoms with E-state index in [-0.39, 0.29) is 23.5 Å². The fraction of sp³-hybridized carbons (Fsp3) is 0.667. The molecule has 1 atom stereocenters. The van der Waals surface area contributed by atoms with Crippen LogP contribution in [-0.2, 0) is 4.79 Å². The molecule has 6 heteroatoms. The lowest BCUT2D eigenvalue weighted by Gasteiger charge is -2.47. The number of nitrogens with one attached hydrogen (secondary N) is 1. The number of ether oxygens (including phenoxy) is 1. The van der Waals surface area contributed by atoms with Gasteiger partial charge in [-0.15, -0.1) is 0 Å². The molecule has 2 aliphatic heterocycles. The Labute approximate surface area is 179 Å². The molecule has 6 nitrogen and oxygen atoms in total. The van der Waals surface area contributed by atoms with Crippen molar-refractivity contribution in [3.05, 3.63) is 29.8 Å². The first-order valence-corrected chi connectivity index (χ1v) is 11.5. The standard InChI is InChI=1S/C24H35N3O3/c1-26(2)22(28)16-18-17-24(30-21-11-7-6-10-20(18)21)12-14-27(15-13-24)23(29)25-19-8-4-3-5-9-19/h6-7,10-11,18-19H,3-5,8-9,12-17H2,1-2H3,(H,25,29)/t18-/m0/s1. The summed E-state index contributed by atoms with van der Waals surface area (Å²) in [4.78, 5) is 28.8. The number of amides is 3. The Morgan fingerprint density at radius 3 is 2.53 bits per heavy atom. The number of fused-ring (bicyclic) bond motifs is 1. The third-order valence-corrected chi connectivity index (χ3v) is 7.12. The van der Waals surface area contributed by atoms with Crippen LogP contribution in [0, 0.1) is 0 Å². The second kappa shape index (κ2) is 8.86. The number of carbonyl (C=O) groups excluding carboxylic acids is 2. The maximum atomic E-state index is 12.7. The van der Waals surface area contributed by atoms with Gasteiger partial charge in [0, 0.05) is 58.4 Å². The maximum Gasteiger partial charge on any atom is 0.317 e. The molecule has 1 aromatic carbocycles. The van der Waals surface area contributed by atoms with E-state index < -0.39 is 0 Å². The van der Waals surface area contributed by atoms with Crippen molar-refractivity contribution in [3.63, 3.8) is 0 Å². The second-order valence-electron chi connectivity index (χ2n) is 9.49. The third kappa shape index (κ3) is 4.57. The van der Waals surface area contributed by atoms with Crippen molar-refractivity contribution in [2.75, 3.05) is 27.2 Å². The lowest BCUT2D eigenvalue weighted by molar-refractivity contribution is -0.129. The van der Waals surface area contributed by atoms with Crippen LogP contribution in [0.4, 0.5) is 4.79 Å². The van der Waals surface area contributed by atoms with E-state index in [9.17, 15) is 9.59 Å². The third-order valence-electron chi connectivity index (χ3n) is 7.12. The van der Waals surface area contributed by atoms with Gasteiger partial charge in [0.25, 0.3) is 0 Å². The molecule has 3 amide bonds. The summed E-state index contributed by atoms with van der Waals surface area (Å²) in [5.74, 6) is 1.21. The van der Waals surface area contributed by atoms with Gasteiger partial charge in [0.1, 0.15) is 11.4 Å². The lowest BCUT2D eigenvalue weighted by atomic mass is 9.76. The molecule has 0 radical (unpaired) electrons. The highest BCUT2D eigenvalue weighted by Crippen LogP contribution is 2.46. The van der Waals surface area contributed by atoms with Crippen molar-refractivity contribution in [1.29, 1.82) is 0 Å². The summed E-state index contributed by atoms with van der Waals surface area (Å²) in [6, 6.07) is 8.53. The van der Waals surface area contributed by atoms with Crippen LogP contribution >= 0.6 is 0 Å². The monoisotopic (exact) mass is 413 g/mol. The van der Waals surface area contributed by atoms with Gasteiger partial charge in [0.15, 0.2) is 0 Å². The molecule has 0 unspecified atom stereocenters. The summed E-state index contributed by atoms with van der Waals surface area (Å²) in [6.45, 7) is 1.41. The van der Waals surface area contributed by atoms with Gasteiger partial charge in [-0.05, 0) is 30.9 Å². The molecular formula is C24H35N3O3. The molecule has 1 N–H and O–H groups in total. The van der Waals surface area contributed by atoms with Crippen molar-refractivity contribution in [2.45, 2.75) is 75.3 Å². The fourth-order valence-corrected chi connectivity index (χ4v) is 5.26. The van der Waals surface area contributed by atoms with E-state index in [4.69, 9.17) is 4.74 Å². The van der Waals surface area contributed by atoms with E-state index in [0.29, 0.717) is 25.6 Å². The predicted octanol–water partition coefficient (Wildman–Crippen LogP) is 3.91. The first-order valence-electron chi connectivity index (χ1n) is 11.5. The van der Waals surface area contributed by atoms with Gasteiger partial charge in [-0.3, -0.25) is 4.79 Å². The number of benzene rings is 1. The average molecular weight is 414 g/mol. The van der Waals surface area contributed by atoms with Crippen LogP contribution in [0.3, 0.4) is 0 Å². The van der Waals surface area contributed by atoms with Crippen molar-refractivity contribution >= 4 is 11.9 Å². The Morgan fingerprint density at radius 1 is 1.13 bits per heavy atom. The summed E-state index contributed by atoms with van der Waals surface area (Å²) >= 11 is 0. The van der Waals surface area contributed by atoms with Crippen LogP contribution in [0.1, 0.15) is 69.3 Å². The van der Waals surface area contributed by atoms with Crippen LogP contribution in [0.15, 0.2) is 24.3 Å². The number of hydrogen-bond donors (Lipinski definition) is 1. The van der Waals surface area contributed by atoms with Crippen LogP contribution in [0.25, 0.3) is 0 Å². The summed E-state index contributed by atoms with van der Waals surface area (Å²) in [5.41, 5.74) is 0.851. The van der Waals surface area contributed by atoms with Gasteiger partial charge in [-0.1, -0.05) is 37.5 Å². The fourth-order valence-electron chi connectivity index (χ4n) is 5.26. The number of carbonyl (C=O) groups is 2. The zero-order chi connectivity index (χ0) is 21.1. The minimum absolute atomic E-state index is 0.0762. The smallest absolute Gasteiger partial charge is 0.317 e. The molecule has 1 saturated heterocycles. The highest BCUT2D eigenvalue weighted by Gasteiger charge is 2.44. The Balaban J connectivity index is 1.41. The minimum Gasteiger partial charge on any atom is -0.487 e. The number of likely N-dealkylation sites (tertiary alicyclic amines) is 1. The van der Waals surface area contributed by atoms with Crippen molar-refractivity contribution < 1.29 is 14.3 Å². The second-order valence-corrected chi connectivity index (χ2v) is 9.49. The van der Waals surface area contributed by atoms with E-state index >= 15 is 0 Å².